The van der Waals surface area contributed by atoms with Crippen LogP contribution < -0.4 is 11.1 Å². The van der Waals surface area contributed by atoms with Crippen molar-refractivity contribution < 1.29 is 9.53 Å². The van der Waals surface area contributed by atoms with Crippen molar-refractivity contribution in [3.8, 4) is 0 Å². The minimum Gasteiger partial charge on any atom is -0.383 e. The van der Waals surface area contributed by atoms with Gasteiger partial charge < -0.3 is 15.8 Å². The number of rotatable bonds is 6. The third-order valence-corrected chi connectivity index (χ3v) is 2.14. The van der Waals surface area contributed by atoms with E-state index in [0.29, 0.717) is 12.5 Å². The maximum Gasteiger partial charge on any atom is 0.236 e. The Bertz CT molecular complexity index is 160. The van der Waals surface area contributed by atoms with E-state index in [-0.39, 0.29) is 18.0 Å². The highest BCUT2D eigenvalue weighted by molar-refractivity contribution is 5.80. The Balaban J connectivity index is 4.01. The number of primary amides is 1. The average molecular weight is 188 g/mol. The first-order chi connectivity index (χ1) is 5.99. The monoisotopic (exact) mass is 188 g/mol. The third-order valence-electron chi connectivity index (χ3n) is 2.14. The molecule has 0 aliphatic rings. The summed E-state index contributed by atoms with van der Waals surface area (Å²) in [6.07, 6.45) is 0. The fourth-order valence-corrected chi connectivity index (χ4v) is 0.889. The number of hydrogen-bond donors (Lipinski definition) is 2. The molecule has 0 aromatic carbocycles. The van der Waals surface area contributed by atoms with E-state index in [1.54, 1.807) is 7.11 Å². The van der Waals surface area contributed by atoms with Gasteiger partial charge in [-0.15, -0.1) is 0 Å². The lowest BCUT2D eigenvalue weighted by Crippen LogP contribution is -2.49. The lowest BCUT2D eigenvalue weighted by molar-refractivity contribution is -0.121. The van der Waals surface area contributed by atoms with E-state index in [4.69, 9.17) is 10.5 Å². The molecule has 0 spiro atoms. The molecule has 0 rings (SSSR count). The van der Waals surface area contributed by atoms with Gasteiger partial charge in [0.15, 0.2) is 0 Å². The topological polar surface area (TPSA) is 64.3 Å². The fraction of sp³-hybridized carbons (Fsp3) is 0.889. The molecule has 4 nitrogen and oxygen atoms in total. The summed E-state index contributed by atoms with van der Waals surface area (Å²) in [5, 5.41) is 3.12. The molecule has 0 bridgehead atoms. The molecule has 1 amide bonds. The second-order valence-electron chi connectivity index (χ2n) is 3.61. The summed E-state index contributed by atoms with van der Waals surface area (Å²) in [4.78, 5) is 10.9. The van der Waals surface area contributed by atoms with E-state index in [2.05, 4.69) is 19.2 Å². The van der Waals surface area contributed by atoms with Gasteiger partial charge in [0, 0.05) is 13.2 Å². The normalized spacial score (nSPS) is 15.8. The number of nitrogens with two attached hydrogens (primary N) is 1. The van der Waals surface area contributed by atoms with Gasteiger partial charge in [0.05, 0.1) is 6.61 Å². The van der Waals surface area contributed by atoms with Gasteiger partial charge in [-0.2, -0.15) is 0 Å². The van der Waals surface area contributed by atoms with Gasteiger partial charge in [0.2, 0.25) is 5.91 Å². The summed E-state index contributed by atoms with van der Waals surface area (Å²) in [6, 6.07) is -0.130. The summed E-state index contributed by atoms with van der Waals surface area (Å²) in [5.74, 6) is 0.105. The zero-order valence-electron chi connectivity index (χ0n) is 8.83. The quantitative estimate of drug-likeness (QED) is 0.622. The molecule has 0 saturated heterocycles. The van der Waals surface area contributed by atoms with Crippen molar-refractivity contribution in [1.82, 2.24) is 5.32 Å². The number of carbonyl (C=O) groups excluding carboxylic acids is 1. The second kappa shape index (κ2) is 5.94. The number of amides is 1. The molecule has 78 valence electrons. The molecule has 0 saturated carbocycles. The van der Waals surface area contributed by atoms with Crippen LogP contribution in [0.3, 0.4) is 0 Å². The Morgan fingerprint density at radius 3 is 2.31 bits per heavy atom. The van der Waals surface area contributed by atoms with Crippen LogP contribution in [0.5, 0.6) is 0 Å². The molecule has 0 aliphatic carbocycles. The molecule has 2 unspecified atom stereocenters. The summed E-state index contributed by atoms with van der Waals surface area (Å²) >= 11 is 0. The van der Waals surface area contributed by atoms with Gasteiger partial charge in [0.25, 0.3) is 0 Å². The Labute approximate surface area is 79.8 Å². The van der Waals surface area contributed by atoms with Gasteiger partial charge in [0.1, 0.15) is 6.04 Å². The third kappa shape index (κ3) is 4.85. The largest absolute Gasteiger partial charge is 0.383 e. The molecule has 0 fully saturated rings. The highest BCUT2D eigenvalue weighted by atomic mass is 16.5. The Morgan fingerprint density at radius 2 is 2.00 bits per heavy atom. The Kier molecular flexibility index (Phi) is 5.66. The minimum absolute atomic E-state index is 0.257. The molecule has 0 aromatic heterocycles. The van der Waals surface area contributed by atoms with Crippen LogP contribution in [0.15, 0.2) is 0 Å². The predicted molar refractivity (Wildman–Crippen MR) is 52.3 cm³/mol. The van der Waals surface area contributed by atoms with E-state index in [0.717, 1.165) is 0 Å². The van der Waals surface area contributed by atoms with Crippen molar-refractivity contribution in [1.29, 1.82) is 0 Å². The van der Waals surface area contributed by atoms with Crippen molar-refractivity contribution >= 4 is 5.91 Å². The molecule has 0 radical (unpaired) electrons. The molecule has 4 heteroatoms. The summed E-state index contributed by atoms with van der Waals surface area (Å²) in [7, 11) is 1.55. The maximum atomic E-state index is 10.9. The van der Waals surface area contributed by atoms with Crippen LogP contribution in [-0.2, 0) is 9.53 Å². The number of hydrogen-bond acceptors (Lipinski definition) is 3. The van der Waals surface area contributed by atoms with Crippen LogP contribution in [0.2, 0.25) is 0 Å². The van der Waals surface area contributed by atoms with E-state index in [1.165, 1.54) is 0 Å². The van der Waals surface area contributed by atoms with Crippen LogP contribution in [0.25, 0.3) is 0 Å². The number of ether oxygens (including phenoxy) is 1. The Morgan fingerprint density at radius 1 is 1.46 bits per heavy atom. The van der Waals surface area contributed by atoms with Crippen LogP contribution in [0, 0.1) is 5.92 Å². The van der Waals surface area contributed by atoms with Crippen molar-refractivity contribution in [2.75, 3.05) is 13.7 Å². The van der Waals surface area contributed by atoms with Crippen LogP contribution in [0.1, 0.15) is 20.8 Å². The first-order valence-electron chi connectivity index (χ1n) is 4.53. The first kappa shape index (κ1) is 12.4. The maximum absolute atomic E-state index is 10.9. The first-order valence-corrected chi connectivity index (χ1v) is 4.53. The minimum atomic E-state index is -0.387. The van der Waals surface area contributed by atoms with E-state index in [1.807, 2.05) is 6.92 Å². The summed E-state index contributed by atoms with van der Waals surface area (Å²) in [6.45, 7) is 6.52. The zero-order chi connectivity index (χ0) is 10.4. The number of carbonyl (C=O) groups is 1. The van der Waals surface area contributed by atoms with Crippen molar-refractivity contribution in [3.05, 3.63) is 0 Å². The second-order valence-corrected chi connectivity index (χ2v) is 3.61. The van der Waals surface area contributed by atoms with Crippen LogP contribution in [-0.4, -0.2) is 31.7 Å². The zero-order valence-corrected chi connectivity index (χ0v) is 8.83. The average Bonchev–Trinajstić information content (AvgIpc) is 2.03. The standard InChI is InChI=1S/C9H20N2O2/c1-6(2)7(3)11-8(5-13-4)9(10)12/h6-8,11H,5H2,1-4H3,(H2,10,12). The highest BCUT2D eigenvalue weighted by Crippen LogP contribution is 2.01. The highest BCUT2D eigenvalue weighted by Gasteiger charge is 2.18. The van der Waals surface area contributed by atoms with Gasteiger partial charge >= 0.3 is 0 Å². The van der Waals surface area contributed by atoms with Crippen molar-refractivity contribution in [2.45, 2.75) is 32.9 Å². The number of methoxy groups -OCH3 is 1. The van der Waals surface area contributed by atoms with E-state index in [9.17, 15) is 4.79 Å². The number of nitrogens with one attached hydrogen (secondary N) is 1. The van der Waals surface area contributed by atoms with Crippen molar-refractivity contribution in [3.63, 3.8) is 0 Å². The molecule has 0 aliphatic heterocycles. The summed E-state index contributed by atoms with van der Waals surface area (Å²) < 4.78 is 4.88. The molecule has 2 atom stereocenters. The lowest BCUT2D eigenvalue weighted by Gasteiger charge is -2.22. The van der Waals surface area contributed by atoms with Crippen LogP contribution in [0.4, 0.5) is 0 Å². The molecular weight excluding hydrogens is 168 g/mol. The molecule has 0 aromatic rings. The Hall–Kier alpha value is -0.610. The summed E-state index contributed by atoms with van der Waals surface area (Å²) in [5.41, 5.74) is 5.19. The van der Waals surface area contributed by atoms with Gasteiger partial charge in [-0.1, -0.05) is 13.8 Å². The van der Waals surface area contributed by atoms with Crippen molar-refractivity contribution in [2.24, 2.45) is 11.7 Å². The molecule has 13 heavy (non-hydrogen) atoms. The molecular formula is C9H20N2O2. The van der Waals surface area contributed by atoms with E-state index < -0.39 is 0 Å². The van der Waals surface area contributed by atoms with Crippen LogP contribution >= 0.6 is 0 Å². The molecule has 3 N–H and O–H groups in total. The lowest BCUT2D eigenvalue weighted by atomic mass is 10.1. The van der Waals surface area contributed by atoms with Gasteiger partial charge in [-0.3, -0.25) is 4.79 Å². The SMILES string of the molecule is COCC(NC(C)C(C)C)C(N)=O. The smallest absolute Gasteiger partial charge is 0.236 e. The predicted octanol–water partition coefficient (Wildman–Crippen LogP) is 0.121. The fourth-order valence-electron chi connectivity index (χ4n) is 0.889. The van der Waals surface area contributed by atoms with E-state index >= 15 is 0 Å². The van der Waals surface area contributed by atoms with Gasteiger partial charge in [-0.25, -0.2) is 0 Å². The van der Waals surface area contributed by atoms with Gasteiger partial charge in [-0.05, 0) is 12.8 Å². The molecule has 0 heterocycles.